The Bertz CT molecular complexity index is 916. The number of nitrogens with zero attached hydrogens (tertiary/aromatic N) is 1. The predicted molar refractivity (Wildman–Crippen MR) is 124 cm³/mol. The number of rotatable bonds is 13. The number of carbonyl (C=O) groups is 1. The van der Waals surface area contributed by atoms with Crippen LogP contribution in [0.25, 0.3) is 0 Å². The van der Waals surface area contributed by atoms with E-state index in [1.165, 1.54) is 11.8 Å². The highest BCUT2D eigenvalue weighted by atomic mass is 32.2. The molecule has 0 aliphatic rings. The third-order valence-electron chi connectivity index (χ3n) is 4.36. The van der Waals surface area contributed by atoms with Crippen LogP contribution >= 0.6 is 11.8 Å². The first-order valence-corrected chi connectivity index (χ1v) is 12.8. The lowest BCUT2D eigenvalue weighted by atomic mass is 10.3. The van der Waals surface area contributed by atoms with Gasteiger partial charge in [-0.05, 0) is 75.1 Å². The Morgan fingerprint density at radius 3 is 2.29 bits per heavy atom. The van der Waals surface area contributed by atoms with Crippen molar-refractivity contribution in [3.8, 4) is 5.75 Å². The molecule has 0 saturated carbocycles. The van der Waals surface area contributed by atoms with Crippen molar-refractivity contribution in [3.63, 3.8) is 0 Å². The number of nitrogens with one attached hydrogen (secondary N) is 1. The van der Waals surface area contributed by atoms with Gasteiger partial charge in [0.25, 0.3) is 10.0 Å². The van der Waals surface area contributed by atoms with Gasteiger partial charge in [-0.15, -0.1) is 11.8 Å². The van der Waals surface area contributed by atoms with Crippen LogP contribution in [-0.2, 0) is 19.6 Å². The zero-order chi connectivity index (χ0) is 22.7. The third-order valence-corrected chi connectivity index (χ3v) is 6.89. The van der Waals surface area contributed by atoms with E-state index in [0.29, 0.717) is 44.2 Å². The Hall–Kier alpha value is -2.23. The van der Waals surface area contributed by atoms with Crippen LogP contribution in [0.4, 0.5) is 5.69 Å². The number of hydrogen-bond donors (Lipinski definition) is 1. The Morgan fingerprint density at radius 2 is 1.71 bits per heavy atom. The number of sulfonamides is 1. The van der Waals surface area contributed by atoms with Crippen molar-refractivity contribution in [2.75, 3.05) is 43.5 Å². The van der Waals surface area contributed by atoms with E-state index in [2.05, 4.69) is 5.32 Å². The summed E-state index contributed by atoms with van der Waals surface area (Å²) >= 11 is 1.53. The lowest BCUT2D eigenvalue weighted by molar-refractivity contribution is -0.119. The van der Waals surface area contributed by atoms with Gasteiger partial charge in [-0.3, -0.25) is 9.10 Å². The Balaban J connectivity index is 2.25. The summed E-state index contributed by atoms with van der Waals surface area (Å²) in [5, 5.41) is 2.76. The minimum atomic E-state index is -3.94. The van der Waals surface area contributed by atoms with Crippen LogP contribution in [0.3, 0.4) is 0 Å². The maximum absolute atomic E-state index is 13.4. The molecule has 0 spiro atoms. The number of anilines is 1. The second-order valence-electron chi connectivity index (χ2n) is 6.51. The molecular formula is C22H30N2O5S2. The molecule has 0 aliphatic carbocycles. The van der Waals surface area contributed by atoms with E-state index >= 15 is 0 Å². The predicted octanol–water partition coefficient (Wildman–Crippen LogP) is 3.55. The smallest absolute Gasteiger partial charge is 0.264 e. The first kappa shape index (κ1) is 25.0. The number of amides is 1. The molecule has 1 amide bonds. The lowest BCUT2D eigenvalue weighted by Crippen LogP contribution is -2.41. The highest BCUT2D eigenvalue weighted by molar-refractivity contribution is 7.98. The molecule has 31 heavy (non-hydrogen) atoms. The fourth-order valence-corrected chi connectivity index (χ4v) is 4.63. The van der Waals surface area contributed by atoms with Gasteiger partial charge in [0.2, 0.25) is 5.91 Å². The summed E-state index contributed by atoms with van der Waals surface area (Å²) in [5.74, 6) is 0.253. The molecule has 0 aliphatic heterocycles. The Morgan fingerprint density at radius 1 is 1.03 bits per heavy atom. The summed E-state index contributed by atoms with van der Waals surface area (Å²) in [6, 6.07) is 13.3. The van der Waals surface area contributed by atoms with E-state index in [1.54, 1.807) is 48.5 Å². The van der Waals surface area contributed by atoms with Crippen molar-refractivity contribution in [2.24, 2.45) is 0 Å². The number of benzene rings is 2. The van der Waals surface area contributed by atoms with Gasteiger partial charge in [-0.25, -0.2) is 8.42 Å². The van der Waals surface area contributed by atoms with Crippen molar-refractivity contribution in [2.45, 2.75) is 30.1 Å². The number of thioether (sulfide) groups is 1. The molecule has 0 bridgehead atoms. The van der Waals surface area contributed by atoms with Gasteiger partial charge >= 0.3 is 0 Å². The SMILES string of the molecule is CCOCCCNC(=O)CN(c1ccc(OCC)cc1)S(=O)(=O)c1ccc(SC)cc1. The summed E-state index contributed by atoms with van der Waals surface area (Å²) < 4.78 is 38.6. The highest BCUT2D eigenvalue weighted by Crippen LogP contribution is 2.27. The maximum Gasteiger partial charge on any atom is 0.264 e. The van der Waals surface area contributed by atoms with Crippen LogP contribution in [0.2, 0.25) is 0 Å². The summed E-state index contributed by atoms with van der Waals surface area (Å²) in [6.45, 7) is 5.54. The van der Waals surface area contributed by atoms with E-state index in [1.807, 2.05) is 20.1 Å². The second kappa shape index (κ2) is 12.6. The van der Waals surface area contributed by atoms with Crippen molar-refractivity contribution in [3.05, 3.63) is 48.5 Å². The molecular weight excluding hydrogens is 436 g/mol. The molecule has 0 radical (unpaired) electrons. The second-order valence-corrected chi connectivity index (χ2v) is 9.26. The number of carbonyl (C=O) groups excluding carboxylic acids is 1. The quantitative estimate of drug-likeness (QED) is 0.359. The molecule has 0 atom stereocenters. The fraction of sp³-hybridized carbons (Fsp3) is 0.409. The third kappa shape index (κ3) is 7.45. The largest absolute Gasteiger partial charge is 0.494 e. The van der Waals surface area contributed by atoms with E-state index in [4.69, 9.17) is 9.47 Å². The van der Waals surface area contributed by atoms with Gasteiger partial charge < -0.3 is 14.8 Å². The molecule has 2 rings (SSSR count). The molecule has 0 fully saturated rings. The number of ether oxygens (including phenoxy) is 2. The van der Waals surface area contributed by atoms with Gasteiger partial charge in [-0.1, -0.05) is 0 Å². The summed E-state index contributed by atoms with van der Waals surface area (Å²) in [6.07, 6.45) is 2.58. The van der Waals surface area contributed by atoms with Crippen LogP contribution < -0.4 is 14.4 Å². The number of hydrogen-bond acceptors (Lipinski definition) is 6. The van der Waals surface area contributed by atoms with Gasteiger partial charge in [0.15, 0.2) is 0 Å². The molecule has 2 aromatic carbocycles. The molecule has 0 heterocycles. The van der Waals surface area contributed by atoms with Gasteiger partial charge in [0, 0.05) is 24.7 Å². The molecule has 0 saturated heterocycles. The van der Waals surface area contributed by atoms with E-state index in [9.17, 15) is 13.2 Å². The molecule has 7 nitrogen and oxygen atoms in total. The van der Waals surface area contributed by atoms with Crippen molar-refractivity contribution < 1.29 is 22.7 Å². The highest BCUT2D eigenvalue weighted by Gasteiger charge is 2.27. The standard InChI is InChI=1S/C22H30N2O5S2/c1-4-28-16-6-15-23-22(25)17-24(18-7-9-19(10-8-18)29-5-2)31(26,27)21-13-11-20(30-3)12-14-21/h7-14H,4-6,15-17H2,1-3H3,(H,23,25). The van der Waals surface area contributed by atoms with Crippen molar-refractivity contribution in [1.29, 1.82) is 0 Å². The van der Waals surface area contributed by atoms with E-state index < -0.39 is 10.0 Å². The van der Waals surface area contributed by atoms with Gasteiger partial charge in [-0.2, -0.15) is 0 Å². The summed E-state index contributed by atoms with van der Waals surface area (Å²) in [4.78, 5) is 13.6. The molecule has 1 N–H and O–H groups in total. The van der Waals surface area contributed by atoms with Crippen LogP contribution in [0.1, 0.15) is 20.3 Å². The first-order valence-electron chi connectivity index (χ1n) is 10.2. The van der Waals surface area contributed by atoms with Crippen molar-refractivity contribution >= 4 is 33.4 Å². The maximum atomic E-state index is 13.4. The molecule has 9 heteroatoms. The zero-order valence-corrected chi connectivity index (χ0v) is 19.8. The van der Waals surface area contributed by atoms with Gasteiger partial charge in [0.1, 0.15) is 12.3 Å². The van der Waals surface area contributed by atoms with Crippen molar-refractivity contribution in [1.82, 2.24) is 5.32 Å². The first-order chi connectivity index (χ1) is 14.9. The normalized spacial score (nSPS) is 11.2. The Kier molecular flexibility index (Phi) is 10.2. The minimum absolute atomic E-state index is 0.128. The average molecular weight is 467 g/mol. The van der Waals surface area contributed by atoms with Crippen LogP contribution in [0.5, 0.6) is 5.75 Å². The lowest BCUT2D eigenvalue weighted by Gasteiger charge is -2.24. The molecule has 0 aromatic heterocycles. The molecule has 170 valence electrons. The van der Waals surface area contributed by atoms with E-state index in [0.717, 1.165) is 9.20 Å². The Labute approximate surface area is 189 Å². The average Bonchev–Trinajstić information content (AvgIpc) is 2.78. The monoisotopic (exact) mass is 466 g/mol. The minimum Gasteiger partial charge on any atom is -0.494 e. The molecule has 2 aromatic rings. The topological polar surface area (TPSA) is 84.9 Å². The van der Waals surface area contributed by atoms with Crippen LogP contribution in [0.15, 0.2) is 58.3 Å². The van der Waals surface area contributed by atoms with Crippen LogP contribution in [-0.4, -0.2) is 53.5 Å². The molecule has 0 unspecified atom stereocenters. The van der Waals surface area contributed by atoms with E-state index in [-0.39, 0.29) is 17.3 Å². The van der Waals surface area contributed by atoms with Gasteiger partial charge in [0.05, 0.1) is 17.2 Å². The van der Waals surface area contributed by atoms with Crippen LogP contribution in [0, 0.1) is 0 Å². The fourth-order valence-electron chi connectivity index (χ4n) is 2.80. The summed E-state index contributed by atoms with van der Waals surface area (Å²) in [7, 11) is -3.94. The zero-order valence-electron chi connectivity index (χ0n) is 18.2. The summed E-state index contributed by atoms with van der Waals surface area (Å²) in [5.41, 5.74) is 0.391.